The lowest BCUT2D eigenvalue weighted by Gasteiger charge is -2.23. The molecular formula is C31H28N2O3. The molecule has 1 atom stereocenters. The van der Waals surface area contributed by atoms with Crippen LogP contribution in [0.5, 0.6) is 0 Å². The third kappa shape index (κ3) is 5.47. The van der Waals surface area contributed by atoms with Gasteiger partial charge in [0.2, 0.25) is 5.91 Å². The molecule has 0 saturated carbocycles. The van der Waals surface area contributed by atoms with Crippen molar-refractivity contribution in [3.8, 4) is 22.3 Å². The second kappa shape index (κ2) is 10.9. The van der Waals surface area contributed by atoms with E-state index in [1.54, 1.807) is 0 Å². The van der Waals surface area contributed by atoms with Gasteiger partial charge >= 0.3 is 6.09 Å². The summed E-state index contributed by atoms with van der Waals surface area (Å²) in [6.07, 6.45) is 0.941. The minimum atomic E-state index is -0.532. The van der Waals surface area contributed by atoms with E-state index in [0.717, 1.165) is 28.7 Å². The Morgan fingerprint density at radius 2 is 1.36 bits per heavy atom. The van der Waals surface area contributed by atoms with Gasteiger partial charge in [-0.05, 0) is 58.9 Å². The number of nitrogens with one attached hydrogen (secondary N) is 1. The van der Waals surface area contributed by atoms with E-state index < -0.39 is 12.1 Å². The summed E-state index contributed by atoms with van der Waals surface area (Å²) in [6, 6.07) is 35.5. The van der Waals surface area contributed by atoms with Crippen LogP contribution in [0.1, 0.15) is 18.4 Å². The van der Waals surface area contributed by atoms with E-state index in [9.17, 15) is 9.59 Å². The average molecular weight is 477 g/mol. The maximum atomic E-state index is 13.0. The van der Waals surface area contributed by atoms with Crippen molar-refractivity contribution in [1.82, 2.24) is 4.90 Å². The summed E-state index contributed by atoms with van der Waals surface area (Å²) >= 11 is 0. The highest BCUT2D eigenvalue weighted by atomic mass is 16.6. The first kappa shape index (κ1) is 23.4. The largest absolute Gasteiger partial charge is 0.445 e. The summed E-state index contributed by atoms with van der Waals surface area (Å²) in [5.41, 5.74) is 6.13. The van der Waals surface area contributed by atoms with Gasteiger partial charge in [-0.15, -0.1) is 0 Å². The van der Waals surface area contributed by atoms with Gasteiger partial charge in [0.25, 0.3) is 0 Å². The summed E-state index contributed by atoms with van der Waals surface area (Å²) in [5.74, 6) is -0.192. The second-order valence-corrected chi connectivity index (χ2v) is 8.91. The van der Waals surface area contributed by atoms with Crippen LogP contribution in [0, 0.1) is 0 Å². The van der Waals surface area contributed by atoms with Gasteiger partial charge in [-0.3, -0.25) is 9.69 Å². The summed E-state index contributed by atoms with van der Waals surface area (Å²) in [7, 11) is 0. The summed E-state index contributed by atoms with van der Waals surface area (Å²) in [6.45, 7) is 0.708. The quantitative estimate of drug-likeness (QED) is 0.334. The first-order chi connectivity index (χ1) is 17.7. The topological polar surface area (TPSA) is 58.6 Å². The van der Waals surface area contributed by atoms with Crippen molar-refractivity contribution < 1.29 is 14.3 Å². The molecule has 4 aromatic rings. The molecule has 1 fully saturated rings. The molecule has 0 unspecified atom stereocenters. The number of anilines is 1. The summed E-state index contributed by atoms with van der Waals surface area (Å²) < 4.78 is 5.46. The molecule has 0 aromatic heterocycles. The lowest BCUT2D eigenvalue weighted by molar-refractivity contribution is -0.120. The summed E-state index contributed by atoms with van der Waals surface area (Å²) in [4.78, 5) is 27.2. The van der Waals surface area contributed by atoms with Crippen LogP contribution in [0.15, 0.2) is 109 Å². The van der Waals surface area contributed by atoms with E-state index in [-0.39, 0.29) is 12.5 Å². The van der Waals surface area contributed by atoms with E-state index in [2.05, 4.69) is 41.7 Å². The second-order valence-electron chi connectivity index (χ2n) is 8.91. The van der Waals surface area contributed by atoms with Gasteiger partial charge < -0.3 is 10.1 Å². The van der Waals surface area contributed by atoms with Gasteiger partial charge in [-0.1, -0.05) is 91.0 Å². The third-order valence-electron chi connectivity index (χ3n) is 6.45. The fraction of sp³-hybridized carbons (Fsp3) is 0.161. The third-order valence-corrected chi connectivity index (χ3v) is 6.45. The Morgan fingerprint density at radius 1 is 0.750 bits per heavy atom. The maximum Gasteiger partial charge on any atom is 0.410 e. The zero-order chi connectivity index (χ0) is 24.7. The zero-order valence-corrected chi connectivity index (χ0v) is 20.0. The fourth-order valence-electron chi connectivity index (χ4n) is 4.54. The SMILES string of the molecule is O=C(Nc1ccc(-c2cccc(-c3ccccc3)c2)cc1)[C@@H]1CCCN1C(=O)OCc1ccccc1. The fourth-order valence-corrected chi connectivity index (χ4v) is 4.54. The minimum absolute atomic E-state index is 0.192. The van der Waals surface area contributed by atoms with Crippen LogP contribution in [0.25, 0.3) is 22.3 Å². The van der Waals surface area contributed by atoms with Gasteiger partial charge in [-0.2, -0.15) is 0 Å². The molecule has 4 aromatic carbocycles. The van der Waals surface area contributed by atoms with Crippen LogP contribution < -0.4 is 5.32 Å². The molecule has 0 bridgehead atoms. The Kier molecular flexibility index (Phi) is 7.08. The number of rotatable bonds is 6. The van der Waals surface area contributed by atoms with Crippen LogP contribution in [0.4, 0.5) is 10.5 Å². The first-order valence-electron chi connectivity index (χ1n) is 12.2. The normalized spacial score (nSPS) is 14.9. The predicted octanol–water partition coefficient (Wildman–Crippen LogP) is 6.76. The Bertz CT molecular complexity index is 1320. The lowest BCUT2D eigenvalue weighted by Crippen LogP contribution is -2.43. The van der Waals surface area contributed by atoms with Gasteiger partial charge in [0.15, 0.2) is 0 Å². The minimum Gasteiger partial charge on any atom is -0.445 e. The molecular weight excluding hydrogens is 448 g/mol. The first-order valence-corrected chi connectivity index (χ1v) is 12.2. The average Bonchev–Trinajstić information content (AvgIpc) is 3.44. The molecule has 0 radical (unpaired) electrons. The lowest BCUT2D eigenvalue weighted by atomic mass is 9.99. The highest BCUT2D eigenvalue weighted by molar-refractivity contribution is 5.97. The van der Waals surface area contributed by atoms with Crippen molar-refractivity contribution >= 4 is 17.7 Å². The molecule has 5 heteroatoms. The Balaban J connectivity index is 1.21. The van der Waals surface area contributed by atoms with Crippen molar-refractivity contribution in [1.29, 1.82) is 0 Å². The molecule has 180 valence electrons. The molecule has 1 aliphatic rings. The number of likely N-dealkylation sites (tertiary alicyclic amines) is 1. The predicted molar refractivity (Wildman–Crippen MR) is 142 cm³/mol. The van der Waals surface area contributed by atoms with Crippen molar-refractivity contribution in [2.45, 2.75) is 25.5 Å². The van der Waals surface area contributed by atoms with Crippen LogP contribution in [-0.4, -0.2) is 29.5 Å². The van der Waals surface area contributed by atoms with Crippen molar-refractivity contribution in [3.63, 3.8) is 0 Å². The number of hydrogen-bond donors (Lipinski definition) is 1. The van der Waals surface area contributed by atoms with E-state index in [0.29, 0.717) is 18.7 Å². The molecule has 5 rings (SSSR count). The van der Waals surface area contributed by atoms with E-state index in [1.165, 1.54) is 10.5 Å². The zero-order valence-electron chi connectivity index (χ0n) is 20.0. The number of carbonyl (C=O) groups is 2. The molecule has 1 N–H and O–H groups in total. The Hall–Kier alpha value is -4.38. The smallest absolute Gasteiger partial charge is 0.410 e. The standard InChI is InChI=1S/C31H28N2O3/c34-30(29-15-8-20-33(29)31(35)36-22-23-9-3-1-4-10-23)32-28-18-16-25(17-19-28)27-14-7-13-26(21-27)24-11-5-2-6-12-24/h1-7,9-14,16-19,21,29H,8,15,20,22H2,(H,32,34)/t29-/m0/s1. The van der Waals surface area contributed by atoms with Crippen LogP contribution in [-0.2, 0) is 16.1 Å². The van der Waals surface area contributed by atoms with Crippen molar-refractivity contribution in [2.24, 2.45) is 0 Å². The van der Waals surface area contributed by atoms with Crippen LogP contribution in [0.3, 0.4) is 0 Å². The van der Waals surface area contributed by atoms with Gasteiger partial charge in [0.05, 0.1) is 0 Å². The number of amides is 2. The van der Waals surface area contributed by atoms with E-state index >= 15 is 0 Å². The van der Waals surface area contributed by atoms with Gasteiger partial charge in [-0.25, -0.2) is 4.79 Å². The van der Waals surface area contributed by atoms with Crippen molar-refractivity contribution in [2.75, 3.05) is 11.9 Å². The van der Waals surface area contributed by atoms with Crippen LogP contribution >= 0.6 is 0 Å². The van der Waals surface area contributed by atoms with Crippen molar-refractivity contribution in [3.05, 3.63) is 115 Å². The molecule has 0 aliphatic carbocycles. The highest BCUT2D eigenvalue weighted by Gasteiger charge is 2.35. The van der Waals surface area contributed by atoms with Crippen LogP contribution in [0.2, 0.25) is 0 Å². The molecule has 5 nitrogen and oxygen atoms in total. The highest BCUT2D eigenvalue weighted by Crippen LogP contribution is 2.28. The number of carbonyl (C=O) groups excluding carboxylic acids is 2. The molecule has 1 heterocycles. The summed E-state index contributed by atoms with van der Waals surface area (Å²) in [5, 5.41) is 2.97. The Morgan fingerprint density at radius 3 is 2.06 bits per heavy atom. The molecule has 36 heavy (non-hydrogen) atoms. The monoisotopic (exact) mass is 476 g/mol. The maximum absolute atomic E-state index is 13.0. The van der Waals surface area contributed by atoms with E-state index in [1.807, 2.05) is 72.8 Å². The number of benzene rings is 4. The molecule has 1 saturated heterocycles. The van der Waals surface area contributed by atoms with Gasteiger partial charge in [0, 0.05) is 12.2 Å². The number of nitrogens with zero attached hydrogens (tertiary/aromatic N) is 1. The molecule has 2 amide bonds. The van der Waals surface area contributed by atoms with Gasteiger partial charge in [0.1, 0.15) is 12.6 Å². The number of ether oxygens (including phenoxy) is 1. The number of hydrogen-bond acceptors (Lipinski definition) is 3. The molecule has 1 aliphatic heterocycles. The Labute approximate surface area is 211 Å². The van der Waals surface area contributed by atoms with E-state index in [4.69, 9.17) is 4.74 Å². The molecule has 0 spiro atoms.